The van der Waals surface area contributed by atoms with Crippen LogP contribution in [-0.4, -0.2) is 139 Å². The van der Waals surface area contributed by atoms with E-state index in [2.05, 4.69) is 40.7 Å². The van der Waals surface area contributed by atoms with Gasteiger partial charge in [0, 0.05) is 52.2 Å². The number of aliphatic hydroxyl groups is 3. The first-order valence-corrected chi connectivity index (χ1v) is 23.2. The average molecular weight is 912 g/mol. The zero-order valence-electron chi connectivity index (χ0n) is 38.9. The first-order valence-electron chi connectivity index (χ1n) is 23.2. The Hall–Kier alpha value is -1.76. The maximum absolute atomic E-state index is 14.4. The highest BCUT2D eigenvalue weighted by Gasteiger charge is 2.60. The minimum absolute atomic E-state index is 0. The van der Waals surface area contributed by atoms with E-state index in [1.54, 1.807) is 40.2 Å². The lowest BCUT2D eigenvalue weighted by molar-refractivity contribution is -0.340. The summed E-state index contributed by atoms with van der Waals surface area (Å²) in [6, 6.07) is 0. The molecule has 6 aliphatic heterocycles. The molecule has 2 bridgehead atoms. The first kappa shape index (κ1) is 50.6. The van der Waals surface area contributed by atoms with Crippen LogP contribution in [0, 0.1) is 23.7 Å². The Morgan fingerprint density at radius 2 is 1.62 bits per heavy atom. The topological polar surface area (TPSA) is 170 Å². The molecule has 63 heavy (non-hydrogen) atoms. The van der Waals surface area contributed by atoms with E-state index in [4.69, 9.17) is 47.4 Å². The Labute approximate surface area is 380 Å². The van der Waals surface area contributed by atoms with Crippen LogP contribution in [-0.2, 0) is 52.2 Å². The summed E-state index contributed by atoms with van der Waals surface area (Å²) in [5.74, 6) is -2.10. The number of carbonyl (C=O) groups is 1. The van der Waals surface area contributed by atoms with Crippen LogP contribution in [0.4, 0.5) is 0 Å². The number of rotatable bonds is 8. The molecule has 7 rings (SSSR count). The van der Waals surface area contributed by atoms with Gasteiger partial charge in [0.2, 0.25) is 0 Å². The monoisotopic (exact) mass is 910 g/mol. The van der Waals surface area contributed by atoms with Crippen LogP contribution in [0.5, 0.6) is 0 Å². The molecular weight excluding hydrogens is 836 g/mol. The summed E-state index contributed by atoms with van der Waals surface area (Å²) in [4.78, 5) is 14.4. The molecule has 0 radical (unpaired) electrons. The van der Waals surface area contributed by atoms with Crippen LogP contribution in [0.2, 0.25) is 0 Å². The number of carbonyl (C=O) groups excluding carboxylic acids is 1. The third-order valence-electron chi connectivity index (χ3n) is 14.9. The molecule has 14 nitrogen and oxygen atoms in total. The van der Waals surface area contributed by atoms with Crippen molar-refractivity contribution in [1.29, 1.82) is 0 Å². The number of ether oxygens (including phenoxy) is 10. The molecular formula is C48H75ClO14. The molecule has 0 aromatic carbocycles. The Morgan fingerprint density at radius 1 is 0.921 bits per heavy atom. The summed E-state index contributed by atoms with van der Waals surface area (Å²) in [5.41, 5.74) is 0.188. The molecule has 358 valence electrons. The van der Waals surface area contributed by atoms with Gasteiger partial charge in [-0.3, -0.25) is 4.79 Å². The van der Waals surface area contributed by atoms with E-state index in [1.807, 2.05) is 19.1 Å². The SMILES string of the molecule is CC[C@H](C)[C@H]1O[C@]2(CC[C@@H]1C)C[C@@H]1C[C@@H](C/C=C(\C)[C@@H](O[C@H]3C[C@H](OC)[C@H](O[C@H]4C[C@H](OC)[C@H](O)[C@H](C)O4)[C@H](C)O3)[C@@H](C)/C=C/C=C3\CO[C@@H]4[C@H](O)C(C)=C[C@@H](C(=O)O1)[C@]34O)O2.Cl. The third kappa shape index (κ3) is 10.5. The molecule has 5 saturated heterocycles. The summed E-state index contributed by atoms with van der Waals surface area (Å²) >= 11 is 0. The molecule has 3 N–H and O–H groups in total. The maximum Gasteiger partial charge on any atom is 0.316 e. The summed E-state index contributed by atoms with van der Waals surface area (Å²) < 4.78 is 63.9. The van der Waals surface area contributed by atoms with Crippen molar-refractivity contribution in [3.8, 4) is 0 Å². The number of esters is 1. The van der Waals surface area contributed by atoms with Gasteiger partial charge in [-0.05, 0) is 69.1 Å². The van der Waals surface area contributed by atoms with Crippen LogP contribution >= 0.6 is 12.4 Å². The fourth-order valence-electron chi connectivity index (χ4n) is 11.0. The molecule has 0 saturated carbocycles. The Balaban J connectivity index is 0.00000661. The average Bonchev–Trinajstić information content (AvgIpc) is 3.58. The van der Waals surface area contributed by atoms with E-state index in [0.717, 1.165) is 18.4 Å². The van der Waals surface area contributed by atoms with Crippen LogP contribution < -0.4 is 0 Å². The second kappa shape index (κ2) is 21.0. The molecule has 1 aliphatic carbocycles. The van der Waals surface area contributed by atoms with E-state index in [9.17, 15) is 20.1 Å². The van der Waals surface area contributed by atoms with Gasteiger partial charge < -0.3 is 62.7 Å². The lowest BCUT2D eigenvalue weighted by atomic mass is 9.71. The van der Waals surface area contributed by atoms with Gasteiger partial charge in [0.25, 0.3) is 0 Å². The van der Waals surface area contributed by atoms with Crippen molar-refractivity contribution in [3.63, 3.8) is 0 Å². The summed E-state index contributed by atoms with van der Waals surface area (Å²) in [6.45, 7) is 16.3. The molecule has 0 unspecified atom stereocenters. The fraction of sp³-hybridized carbons (Fsp3) is 0.812. The van der Waals surface area contributed by atoms with Crippen molar-refractivity contribution < 1.29 is 67.5 Å². The zero-order valence-corrected chi connectivity index (χ0v) is 39.7. The third-order valence-corrected chi connectivity index (χ3v) is 14.9. The summed E-state index contributed by atoms with van der Waals surface area (Å²) in [5, 5.41) is 34.2. The molecule has 15 heteroatoms. The molecule has 1 spiro atoms. The quantitative estimate of drug-likeness (QED) is 0.191. The standard InChI is InChI=1S/C48H74O14.ClH/c1-11-25(2)43-28(5)17-18-47(62-43)23-34-20-33(61-47)16-15-27(4)42(26(3)13-12-14-32-24-55-45-40(49)29(6)19-35(46(51)58-34)48(32,45)52)59-39-22-37(54-10)44(31(8)57-39)60-38-21-36(53-9)41(50)30(7)56-38;/h12-15,19,25-26,28,30-31,33-45,49-50,52H,11,16-18,20-24H2,1-10H3;1H/b13-12+,27-15+,32-14+;/t25-,26-,28-,30-,31-,33+,34-,35-,36-,37-,38-,39-,40+,41+,42-,43+,44+,45+,47+,48+;/m0./s1. The Morgan fingerprint density at radius 3 is 2.33 bits per heavy atom. The number of fused-ring (bicyclic) bond motifs is 2. The predicted octanol–water partition coefficient (Wildman–Crippen LogP) is 6.02. The van der Waals surface area contributed by atoms with Gasteiger partial charge >= 0.3 is 5.97 Å². The Kier molecular flexibility index (Phi) is 16.9. The number of allylic oxidation sites excluding steroid dienone is 2. The predicted molar refractivity (Wildman–Crippen MR) is 235 cm³/mol. The smallest absolute Gasteiger partial charge is 0.316 e. The van der Waals surface area contributed by atoms with Crippen LogP contribution in [0.1, 0.15) is 107 Å². The fourth-order valence-corrected chi connectivity index (χ4v) is 11.0. The van der Waals surface area contributed by atoms with Gasteiger partial charge in [-0.25, -0.2) is 0 Å². The van der Waals surface area contributed by atoms with Crippen molar-refractivity contribution in [2.45, 2.75) is 204 Å². The molecule has 0 amide bonds. The second-order valence-corrected chi connectivity index (χ2v) is 19.4. The first-order chi connectivity index (χ1) is 29.5. The van der Waals surface area contributed by atoms with Crippen molar-refractivity contribution in [1.82, 2.24) is 0 Å². The van der Waals surface area contributed by atoms with E-state index >= 15 is 0 Å². The highest BCUT2D eigenvalue weighted by atomic mass is 35.5. The van der Waals surface area contributed by atoms with E-state index < -0.39 is 90.8 Å². The van der Waals surface area contributed by atoms with Gasteiger partial charge in [-0.15, -0.1) is 12.4 Å². The van der Waals surface area contributed by atoms with Crippen molar-refractivity contribution in [3.05, 3.63) is 47.1 Å². The van der Waals surface area contributed by atoms with Gasteiger partial charge in [-0.1, -0.05) is 64.5 Å². The van der Waals surface area contributed by atoms with Crippen LogP contribution in [0.25, 0.3) is 0 Å². The summed E-state index contributed by atoms with van der Waals surface area (Å²) in [7, 11) is 3.23. The Bertz CT molecular complexity index is 1680. The molecule has 6 heterocycles. The molecule has 7 aliphatic rings. The molecule has 0 aromatic heterocycles. The van der Waals surface area contributed by atoms with Crippen molar-refractivity contribution in [2.24, 2.45) is 23.7 Å². The summed E-state index contributed by atoms with van der Waals surface area (Å²) in [6.07, 6.45) is 6.53. The largest absolute Gasteiger partial charge is 0.462 e. The van der Waals surface area contributed by atoms with Gasteiger partial charge in [-0.2, -0.15) is 0 Å². The van der Waals surface area contributed by atoms with Crippen molar-refractivity contribution in [2.75, 3.05) is 20.8 Å². The van der Waals surface area contributed by atoms with Gasteiger partial charge in [0.15, 0.2) is 18.4 Å². The van der Waals surface area contributed by atoms with Crippen molar-refractivity contribution >= 4 is 18.4 Å². The highest BCUT2D eigenvalue weighted by Crippen LogP contribution is 2.48. The van der Waals surface area contributed by atoms with Gasteiger partial charge in [0.05, 0.1) is 49.3 Å². The van der Waals surface area contributed by atoms with Crippen LogP contribution in [0.15, 0.2) is 47.1 Å². The zero-order chi connectivity index (χ0) is 44.7. The highest BCUT2D eigenvalue weighted by molar-refractivity contribution is 5.85. The van der Waals surface area contributed by atoms with Gasteiger partial charge in [0.1, 0.15) is 42.0 Å². The minimum atomic E-state index is -1.82. The lowest BCUT2D eigenvalue weighted by Gasteiger charge is -2.51. The lowest BCUT2D eigenvalue weighted by Crippen LogP contribution is -2.58. The number of hydrogen-bond acceptors (Lipinski definition) is 14. The van der Waals surface area contributed by atoms with E-state index in [-0.39, 0.29) is 43.2 Å². The number of aliphatic hydroxyl groups excluding tert-OH is 2. The van der Waals surface area contributed by atoms with E-state index in [0.29, 0.717) is 61.5 Å². The number of hydrogen-bond donors (Lipinski definition) is 3. The second-order valence-electron chi connectivity index (χ2n) is 19.4. The van der Waals surface area contributed by atoms with E-state index in [1.165, 1.54) is 0 Å². The van der Waals surface area contributed by atoms with Crippen LogP contribution in [0.3, 0.4) is 0 Å². The molecule has 20 atom stereocenters. The molecule has 5 fully saturated rings. The minimum Gasteiger partial charge on any atom is -0.462 e. The maximum atomic E-state index is 14.4. The number of halogens is 1. The molecule has 0 aromatic rings. The normalized spacial score (nSPS) is 48.6. The number of methoxy groups -OCH3 is 2.